The maximum atomic E-state index is 12.5. The van der Waals surface area contributed by atoms with Gasteiger partial charge in [0, 0.05) is 35.5 Å². The largest absolute Gasteiger partial charge is 0.299 e. The zero-order valence-electron chi connectivity index (χ0n) is 14.9. The summed E-state index contributed by atoms with van der Waals surface area (Å²) in [6.07, 6.45) is 8.66. The molecule has 4 aliphatic carbocycles. The Morgan fingerprint density at radius 3 is 2.80 bits per heavy atom. The van der Waals surface area contributed by atoms with Crippen LogP contribution in [-0.2, 0) is 9.59 Å². The van der Waals surface area contributed by atoms with Gasteiger partial charge in [0.25, 0.3) is 0 Å². The fourth-order valence-corrected chi connectivity index (χ4v) is 6.69. The number of allylic oxidation sites excluding steroid dienone is 2. The van der Waals surface area contributed by atoms with Gasteiger partial charge in [0.1, 0.15) is 5.78 Å². The number of rotatable bonds is 1. The van der Waals surface area contributed by atoms with Crippen molar-refractivity contribution in [1.29, 1.82) is 0 Å². The SMILES string of the molecule is C=C1C[C@@H]2[C@H](CC[C@]3(C)C(=O)CC[C@@H]23)[C@@]2(CC#CCl)CCC(=O)C=C12. The minimum absolute atomic E-state index is 0.0945. The number of Topliss-reactive ketones (excluding diaryl/α,β-unsaturated/α-hetero) is 1. The Hall–Kier alpha value is -1.33. The van der Waals surface area contributed by atoms with Crippen LogP contribution < -0.4 is 0 Å². The molecule has 4 aliphatic rings. The Kier molecular flexibility index (Phi) is 4.00. The van der Waals surface area contributed by atoms with E-state index in [1.165, 1.54) is 0 Å². The fraction of sp³-hybridized carbons (Fsp3) is 0.636. The summed E-state index contributed by atoms with van der Waals surface area (Å²) in [5.41, 5.74) is 1.99. The summed E-state index contributed by atoms with van der Waals surface area (Å²) in [5.74, 6) is 5.20. The van der Waals surface area contributed by atoms with Crippen molar-refractivity contribution in [2.45, 2.75) is 58.3 Å². The number of carbonyl (C=O) groups is 2. The Morgan fingerprint density at radius 2 is 2.04 bits per heavy atom. The quantitative estimate of drug-likeness (QED) is 0.631. The van der Waals surface area contributed by atoms with Crippen LogP contribution >= 0.6 is 11.6 Å². The van der Waals surface area contributed by atoms with Gasteiger partial charge in [-0.3, -0.25) is 9.59 Å². The Balaban J connectivity index is 1.80. The van der Waals surface area contributed by atoms with E-state index < -0.39 is 0 Å². The van der Waals surface area contributed by atoms with Gasteiger partial charge in [-0.25, -0.2) is 0 Å². The third-order valence-corrected chi connectivity index (χ3v) is 7.98. The summed E-state index contributed by atoms with van der Waals surface area (Å²) >= 11 is 5.70. The fourth-order valence-electron chi connectivity index (χ4n) is 6.63. The van der Waals surface area contributed by atoms with Gasteiger partial charge in [-0.1, -0.05) is 25.0 Å². The first-order chi connectivity index (χ1) is 11.9. The topological polar surface area (TPSA) is 34.1 Å². The molecule has 0 amide bonds. The van der Waals surface area contributed by atoms with E-state index in [9.17, 15) is 9.59 Å². The standard InChI is InChI=1S/C22H25ClO2/c1-14-12-16-17-4-5-20(25)21(17,2)9-7-18(16)22(8-3-11-23)10-6-15(24)13-19(14)22/h13,16-18H,1,4-10,12H2,2H3/t16-,17-,18-,21-,22+/m0/s1. The summed E-state index contributed by atoms with van der Waals surface area (Å²) in [6.45, 7) is 6.53. The van der Waals surface area contributed by atoms with Crippen molar-refractivity contribution in [3.8, 4) is 11.3 Å². The van der Waals surface area contributed by atoms with Crippen LogP contribution in [0.3, 0.4) is 0 Å². The minimum atomic E-state index is -0.146. The number of ketones is 2. The molecule has 0 radical (unpaired) electrons. The maximum Gasteiger partial charge on any atom is 0.156 e. The molecule has 2 nitrogen and oxygen atoms in total. The maximum absolute atomic E-state index is 12.5. The highest BCUT2D eigenvalue weighted by Crippen LogP contribution is 2.66. The van der Waals surface area contributed by atoms with Crippen LogP contribution in [0.25, 0.3) is 0 Å². The lowest BCUT2D eigenvalue weighted by Gasteiger charge is -2.58. The van der Waals surface area contributed by atoms with Crippen LogP contribution in [0.15, 0.2) is 23.8 Å². The first-order valence-corrected chi connectivity index (χ1v) is 9.85. The van der Waals surface area contributed by atoms with E-state index in [2.05, 4.69) is 24.8 Å². The molecule has 0 spiro atoms. The molecule has 0 aliphatic heterocycles. The normalized spacial score (nSPS) is 42.7. The number of hydrogen-bond donors (Lipinski definition) is 0. The van der Waals surface area contributed by atoms with Gasteiger partial charge in [0.05, 0.1) is 0 Å². The van der Waals surface area contributed by atoms with Crippen molar-refractivity contribution in [1.82, 2.24) is 0 Å². The molecule has 0 heterocycles. The molecular formula is C22H25ClO2. The number of carbonyl (C=O) groups excluding carboxylic acids is 2. The Morgan fingerprint density at radius 1 is 1.24 bits per heavy atom. The predicted molar refractivity (Wildman–Crippen MR) is 98.8 cm³/mol. The van der Waals surface area contributed by atoms with E-state index in [1.54, 1.807) is 0 Å². The Bertz CT molecular complexity index is 752. The smallest absolute Gasteiger partial charge is 0.156 e. The summed E-state index contributed by atoms with van der Waals surface area (Å²) in [6, 6.07) is 0. The Labute approximate surface area is 155 Å². The van der Waals surface area contributed by atoms with E-state index in [0.717, 1.165) is 49.7 Å². The van der Waals surface area contributed by atoms with Gasteiger partial charge in [-0.15, -0.1) is 0 Å². The molecule has 25 heavy (non-hydrogen) atoms. The van der Waals surface area contributed by atoms with Crippen molar-refractivity contribution in [2.24, 2.45) is 28.6 Å². The second-order valence-corrected chi connectivity index (χ2v) is 8.92. The van der Waals surface area contributed by atoms with Crippen LogP contribution in [0.4, 0.5) is 0 Å². The second kappa shape index (κ2) is 5.85. The van der Waals surface area contributed by atoms with Gasteiger partial charge in [-0.2, -0.15) is 0 Å². The predicted octanol–water partition coefficient (Wildman–Crippen LogP) is 4.82. The molecule has 0 saturated heterocycles. The van der Waals surface area contributed by atoms with Crippen molar-refractivity contribution in [2.75, 3.05) is 0 Å². The summed E-state index contributed by atoms with van der Waals surface area (Å²) < 4.78 is 0. The lowest BCUT2D eigenvalue weighted by molar-refractivity contribution is -0.132. The van der Waals surface area contributed by atoms with E-state index in [-0.39, 0.29) is 16.6 Å². The van der Waals surface area contributed by atoms with Crippen LogP contribution in [-0.4, -0.2) is 11.6 Å². The summed E-state index contributed by atoms with van der Waals surface area (Å²) in [4.78, 5) is 24.6. The van der Waals surface area contributed by atoms with Crippen molar-refractivity contribution in [3.63, 3.8) is 0 Å². The molecule has 0 aromatic rings. The third-order valence-electron chi connectivity index (χ3n) is 7.85. The van der Waals surface area contributed by atoms with Crippen molar-refractivity contribution >= 4 is 23.2 Å². The molecule has 4 rings (SSSR count). The van der Waals surface area contributed by atoms with E-state index in [0.29, 0.717) is 36.4 Å². The van der Waals surface area contributed by atoms with Gasteiger partial charge in [0.15, 0.2) is 5.78 Å². The average molecular weight is 357 g/mol. The van der Waals surface area contributed by atoms with Gasteiger partial charge in [0.2, 0.25) is 0 Å². The third kappa shape index (κ3) is 2.32. The lowest BCUT2D eigenvalue weighted by atomic mass is 9.45. The summed E-state index contributed by atoms with van der Waals surface area (Å²) in [5, 5.41) is 2.55. The molecule has 0 unspecified atom stereocenters. The molecule has 3 saturated carbocycles. The van der Waals surface area contributed by atoms with Gasteiger partial charge >= 0.3 is 0 Å². The van der Waals surface area contributed by atoms with Crippen molar-refractivity contribution in [3.05, 3.63) is 23.8 Å². The van der Waals surface area contributed by atoms with Gasteiger partial charge in [-0.05, 0) is 73.1 Å². The van der Waals surface area contributed by atoms with Crippen LogP contribution in [0.1, 0.15) is 58.3 Å². The molecule has 0 aromatic heterocycles. The summed E-state index contributed by atoms with van der Waals surface area (Å²) in [7, 11) is 0. The number of fused-ring (bicyclic) bond motifs is 5. The molecule has 132 valence electrons. The first-order valence-electron chi connectivity index (χ1n) is 9.47. The lowest BCUT2D eigenvalue weighted by Crippen LogP contribution is -2.52. The van der Waals surface area contributed by atoms with Crippen molar-refractivity contribution < 1.29 is 9.59 Å². The molecular weight excluding hydrogens is 332 g/mol. The molecule has 3 heteroatoms. The molecule has 3 fully saturated rings. The van der Waals surface area contributed by atoms with Crippen LogP contribution in [0.2, 0.25) is 0 Å². The molecule has 0 N–H and O–H groups in total. The highest BCUT2D eigenvalue weighted by atomic mass is 35.5. The van der Waals surface area contributed by atoms with Gasteiger partial charge < -0.3 is 0 Å². The zero-order chi connectivity index (χ0) is 17.8. The highest BCUT2D eigenvalue weighted by Gasteiger charge is 2.60. The van der Waals surface area contributed by atoms with Crippen LogP contribution in [0.5, 0.6) is 0 Å². The molecule has 0 aromatic carbocycles. The average Bonchev–Trinajstić information content (AvgIpc) is 2.90. The van der Waals surface area contributed by atoms with Crippen LogP contribution in [0, 0.1) is 39.9 Å². The minimum Gasteiger partial charge on any atom is -0.299 e. The highest BCUT2D eigenvalue weighted by molar-refractivity contribution is 6.30. The molecule has 0 bridgehead atoms. The number of hydrogen-bond acceptors (Lipinski definition) is 2. The monoisotopic (exact) mass is 356 g/mol. The zero-order valence-corrected chi connectivity index (χ0v) is 15.6. The van der Waals surface area contributed by atoms with E-state index in [4.69, 9.17) is 11.6 Å². The number of halogens is 1. The second-order valence-electron chi connectivity index (χ2n) is 8.73. The van der Waals surface area contributed by atoms with E-state index in [1.807, 2.05) is 6.08 Å². The van der Waals surface area contributed by atoms with E-state index >= 15 is 0 Å². The first kappa shape index (κ1) is 17.1. The molecule has 5 atom stereocenters.